The molecule has 3 heteroatoms. The highest BCUT2D eigenvalue weighted by Gasteiger charge is 2.20. The SMILES string of the molecule is CC[C@@H](N)C(=O)N(C)CC1CCCCC1. The van der Waals surface area contributed by atoms with E-state index < -0.39 is 0 Å². The van der Waals surface area contributed by atoms with Crippen molar-refractivity contribution in [1.82, 2.24) is 4.90 Å². The summed E-state index contributed by atoms with van der Waals surface area (Å²) in [5.41, 5.74) is 5.73. The van der Waals surface area contributed by atoms with E-state index in [1.54, 1.807) is 0 Å². The first kappa shape index (κ1) is 12.5. The summed E-state index contributed by atoms with van der Waals surface area (Å²) in [5.74, 6) is 0.805. The van der Waals surface area contributed by atoms with Gasteiger partial charge in [-0.25, -0.2) is 0 Å². The average Bonchev–Trinajstić information content (AvgIpc) is 2.28. The lowest BCUT2D eigenvalue weighted by molar-refractivity contribution is -0.132. The molecule has 0 radical (unpaired) electrons. The molecular formula is C12H24N2O. The lowest BCUT2D eigenvalue weighted by Gasteiger charge is -2.28. The fraction of sp³-hybridized carbons (Fsp3) is 0.917. The van der Waals surface area contributed by atoms with Crippen molar-refractivity contribution < 1.29 is 4.79 Å². The normalized spacial score (nSPS) is 19.9. The average molecular weight is 212 g/mol. The maximum atomic E-state index is 11.7. The zero-order valence-corrected chi connectivity index (χ0v) is 10.0. The van der Waals surface area contributed by atoms with E-state index in [-0.39, 0.29) is 11.9 Å². The summed E-state index contributed by atoms with van der Waals surface area (Å²) >= 11 is 0. The predicted octanol–water partition coefficient (Wildman–Crippen LogP) is 1.76. The van der Waals surface area contributed by atoms with E-state index in [1.807, 2.05) is 18.9 Å². The number of rotatable bonds is 4. The second kappa shape index (κ2) is 6.11. The maximum absolute atomic E-state index is 11.7. The van der Waals surface area contributed by atoms with Gasteiger partial charge in [0.05, 0.1) is 6.04 Å². The number of hydrogen-bond donors (Lipinski definition) is 1. The summed E-state index contributed by atoms with van der Waals surface area (Å²) in [5, 5.41) is 0. The van der Waals surface area contributed by atoms with Crippen molar-refractivity contribution in [1.29, 1.82) is 0 Å². The highest BCUT2D eigenvalue weighted by Crippen LogP contribution is 2.24. The summed E-state index contributed by atoms with van der Waals surface area (Å²) in [6, 6.07) is -0.307. The van der Waals surface area contributed by atoms with Gasteiger partial charge >= 0.3 is 0 Å². The minimum atomic E-state index is -0.307. The first-order chi connectivity index (χ1) is 7.15. The number of carbonyl (C=O) groups excluding carboxylic acids is 1. The van der Waals surface area contributed by atoms with E-state index in [0.29, 0.717) is 5.92 Å². The van der Waals surface area contributed by atoms with Crippen molar-refractivity contribution in [2.24, 2.45) is 11.7 Å². The van der Waals surface area contributed by atoms with Crippen LogP contribution in [0.4, 0.5) is 0 Å². The Bertz CT molecular complexity index is 200. The molecular weight excluding hydrogens is 188 g/mol. The molecule has 0 aromatic carbocycles. The smallest absolute Gasteiger partial charge is 0.239 e. The summed E-state index contributed by atoms with van der Waals surface area (Å²) in [6.07, 6.45) is 7.30. The summed E-state index contributed by atoms with van der Waals surface area (Å²) < 4.78 is 0. The predicted molar refractivity (Wildman–Crippen MR) is 62.5 cm³/mol. The number of carbonyl (C=O) groups is 1. The Morgan fingerprint density at radius 1 is 1.40 bits per heavy atom. The van der Waals surface area contributed by atoms with Gasteiger partial charge in [-0.05, 0) is 25.2 Å². The highest BCUT2D eigenvalue weighted by atomic mass is 16.2. The number of amides is 1. The van der Waals surface area contributed by atoms with Gasteiger partial charge in [-0.3, -0.25) is 4.79 Å². The molecule has 0 heterocycles. The molecule has 0 unspecified atom stereocenters. The van der Waals surface area contributed by atoms with Crippen LogP contribution in [0.2, 0.25) is 0 Å². The van der Waals surface area contributed by atoms with E-state index in [1.165, 1.54) is 32.1 Å². The van der Waals surface area contributed by atoms with E-state index in [2.05, 4.69) is 0 Å². The topological polar surface area (TPSA) is 46.3 Å². The van der Waals surface area contributed by atoms with E-state index in [9.17, 15) is 4.79 Å². The molecule has 1 aliphatic rings. The lowest BCUT2D eigenvalue weighted by Crippen LogP contribution is -2.43. The molecule has 1 rings (SSSR count). The quantitative estimate of drug-likeness (QED) is 0.772. The zero-order chi connectivity index (χ0) is 11.3. The van der Waals surface area contributed by atoms with Crippen LogP contribution in [0, 0.1) is 5.92 Å². The second-order valence-corrected chi connectivity index (χ2v) is 4.74. The summed E-state index contributed by atoms with van der Waals surface area (Å²) in [4.78, 5) is 13.6. The number of likely N-dealkylation sites (N-methyl/N-ethyl adjacent to an activating group) is 1. The van der Waals surface area contributed by atoms with Crippen LogP contribution in [0.5, 0.6) is 0 Å². The molecule has 1 fully saturated rings. The molecule has 0 aliphatic heterocycles. The van der Waals surface area contributed by atoms with Crippen molar-refractivity contribution in [3.05, 3.63) is 0 Å². The molecule has 88 valence electrons. The van der Waals surface area contributed by atoms with Crippen molar-refractivity contribution in [2.45, 2.75) is 51.5 Å². The van der Waals surface area contributed by atoms with Gasteiger partial charge in [0.1, 0.15) is 0 Å². The fourth-order valence-corrected chi connectivity index (χ4v) is 2.30. The third-order valence-electron chi connectivity index (χ3n) is 3.39. The van der Waals surface area contributed by atoms with Crippen LogP contribution < -0.4 is 5.73 Å². The molecule has 1 amide bonds. The molecule has 3 nitrogen and oxygen atoms in total. The standard InChI is InChI=1S/C12H24N2O/c1-3-11(13)12(15)14(2)9-10-7-5-4-6-8-10/h10-11H,3-9,13H2,1-2H3/t11-/m1/s1. The van der Waals surface area contributed by atoms with Crippen molar-refractivity contribution in [2.75, 3.05) is 13.6 Å². The Kier molecular flexibility index (Phi) is 5.09. The fourth-order valence-electron chi connectivity index (χ4n) is 2.30. The molecule has 0 aromatic rings. The van der Waals surface area contributed by atoms with Crippen molar-refractivity contribution in [3.63, 3.8) is 0 Å². The Morgan fingerprint density at radius 2 is 2.00 bits per heavy atom. The number of nitrogens with zero attached hydrogens (tertiary/aromatic N) is 1. The van der Waals surface area contributed by atoms with Gasteiger partial charge in [-0.15, -0.1) is 0 Å². The van der Waals surface area contributed by atoms with Gasteiger partial charge in [0, 0.05) is 13.6 Å². The third-order valence-corrected chi connectivity index (χ3v) is 3.39. The molecule has 1 atom stereocenters. The Labute approximate surface area is 93.0 Å². The van der Waals surface area contributed by atoms with Gasteiger partial charge in [0.25, 0.3) is 0 Å². The molecule has 0 aromatic heterocycles. The van der Waals surface area contributed by atoms with Crippen LogP contribution in [-0.2, 0) is 4.79 Å². The van der Waals surface area contributed by atoms with Crippen LogP contribution in [-0.4, -0.2) is 30.4 Å². The van der Waals surface area contributed by atoms with Crippen LogP contribution in [0.25, 0.3) is 0 Å². The summed E-state index contributed by atoms with van der Waals surface area (Å²) in [6.45, 7) is 2.85. The molecule has 1 aliphatic carbocycles. The van der Waals surface area contributed by atoms with Crippen molar-refractivity contribution in [3.8, 4) is 0 Å². The van der Waals surface area contributed by atoms with Gasteiger partial charge < -0.3 is 10.6 Å². The zero-order valence-electron chi connectivity index (χ0n) is 10.0. The van der Waals surface area contributed by atoms with Gasteiger partial charge in [0.15, 0.2) is 0 Å². The van der Waals surface area contributed by atoms with Gasteiger partial charge in [0.2, 0.25) is 5.91 Å². The monoisotopic (exact) mass is 212 g/mol. The van der Waals surface area contributed by atoms with Crippen LogP contribution in [0.1, 0.15) is 45.4 Å². The molecule has 0 saturated heterocycles. The van der Waals surface area contributed by atoms with E-state index >= 15 is 0 Å². The maximum Gasteiger partial charge on any atom is 0.239 e. The number of hydrogen-bond acceptors (Lipinski definition) is 2. The van der Waals surface area contributed by atoms with E-state index in [4.69, 9.17) is 5.73 Å². The largest absolute Gasteiger partial charge is 0.344 e. The first-order valence-electron chi connectivity index (χ1n) is 6.15. The second-order valence-electron chi connectivity index (χ2n) is 4.74. The van der Waals surface area contributed by atoms with Crippen LogP contribution in [0.15, 0.2) is 0 Å². The minimum absolute atomic E-state index is 0.100. The van der Waals surface area contributed by atoms with Crippen molar-refractivity contribution >= 4 is 5.91 Å². The summed E-state index contributed by atoms with van der Waals surface area (Å²) in [7, 11) is 1.88. The number of nitrogens with two attached hydrogens (primary N) is 1. The Balaban J connectivity index is 2.33. The minimum Gasteiger partial charge on any atom is -0.344 e. The van der Waals surface area contributed by atoms with Crippen LogP contribution in [0.3, 0.4) is 0 Å². The lowest BCUT2D eigenvalue weighted by atomic mass is 9.89. The highest BCUT2D eigenvalue weighted by molar-refractivity contribution is 5.81. The Hall–Kier alpha value is -0.570. The molecule has 0 bridgehead atoms. The molecule has 2 N–H and O–H groups in total. The molecule has 1 saturated carbocycles. The van der Waals surface area contributed by atoms with Gasteiger partial charge in [-0.1, -0.05) is 26.2 Å². The third kappa shape index (κ3) is 3.82. The molecule has 0 spiro atoms. The first-order valence-corrected chi connectivity index (χ1v) is 6.15. The van der Waals surface area contributed by atoms with Crippen LogP contribution >= 0.6 is 0 Å². The molecule has 15 heavy (non-hydrogen) atoms. The van der Waals surface area contributed by atoms with E-state index in [0.717, 1.165) is 13.0 Å². The Morgan fingerprint density at radius 3 is 2.53 bits per heavy atom. The van der Waals surface area contributed by atoms with Gasteiger partial charge in [-0.2, -0.15) is 0 Å².